The highest BCUT2D eigenvalue weighted by Gasteiger charge is 2.22. The minimum Gasteiger partial charge on any atom is -0.379 e. The first-order valence-electron chi connectivity index (χ1n) is 6.37. The molecule has 4 nitrogen and oxygen atoms in total. The SMILES string of the molecule is CC(C)OCCCNC(=O)CC(N)C(C)(C)C. The molecule has 102 valence electrons. The molecule has 1 amide bonds. The van der Waals surface area contributed by atoms with Crippen LogP contribution in [0.2, 0.25) is 0 Å². The van der Waals surface area contributed by atoms with Crippen LogP contribution in [0, 0.1) is 5.41 Å². The summed E-state index contributed by atoms with van der Waals surface area (Å²) in [5.41, 5.74) is 5.91. The van der Waals surface area contributed by atoms with E-state index >= 15 is 0 Å². The highest BCUT2D eigenvalue weighted by molar-refractivity contribution is 5.76. The van der Waals surface area contributed by atoms with E-state index in [1.54, 1.807) is 0 Å². The van der Waals surface area contributed by atoms with Crippen molar-refractivity contribution in [3.63, 3.8) is 0 Å². The van der Waals surface area contributed by atoms with Crippen LogP contribution < -0.4 is 11.1 Å². The van der Waals surface area contributed by atoms with Crippen LogP contribution in [0.4, 0.5) is 0 Å². The minimum absolute atomic E-state index is 0.0250. The zero-order chi connectivity index (χ0) is 13.5. The molecule has 3 N–H and O–H groups in total. The number of carbonyl (C=O) groups is 1. The number of hydrogen-bond donors (Lipinski definition) is 2. The van der Waals surface area contributed by atoms with Crippen LogP contribution in [0.25, 0.3) is 0 Å². The Bertz CT molecular complexity index is 222. The molecule has 0 bridgehead atoms. The predicted molar refractivity (Wildman–Crippen MR) is 70.8 cm³/mol. The fourth-order valence-electron chi connectivity index (χ4n) is 1.20. The van der Waals surface area contributed by atoms with Gasteiger partial charge in [0.05, 0.1) is 6.10 Å². The van der Waals surface area contributed by atoms with Crippen LogP contribution in [0.15, 0.2) is 0 Å². The Kier molecular flexibility index (Phi) is 7.39. The molecule has 0 aliphatic rings. The summed E-state index contributed by atoms with van der Waals surface area (Å²) in [4.78, 5) is 11.6. The van der Waals surface area contributed by atoms with Gasteiger partial charge in [-0.2, -0.15) is 0 Å². The Hall–Kier alpha value is -0.610. The lowest BCUT2D eigenvalue weighted by molar-refractivity contribution is -0.122. The van der Waals surface area contributed by atoms with Crippen molar-refractivity contribution in [1.82, 2.24) is 5.32 Å². The second kappa shape index (κ2) is 7.67. The van der Waals surface area contributed by atoms with Crippen LogP contribution in [0.3, 0.4) is 0 Å². The van der Waals surface area contributed by atoms with Crippen LogP contribution in [-0.2, 0) is 9.53 Å². The van der Waals surface area contributed by atoms with Crippen LogP contribution in [-0.4, -0.2) is 31.2 Å². The van der Waals surface area contributed by atoms with E-state index in [0.29, 0.717) is 19.6 Å². The molecular weight excluding hydrogens is 216 g/mol. The van der Waals surface area contributed by atoms with Crippen LogP contribution in [0.5, 0.6) is 0 Å². The van der Waals surface area contributed by atoms with Crippen molar-refractivity contribution in [3.05, 3.63) is 0 Å². The van der Waals surface area contributed by atoms with Gasteiger partial charge < -0.3 is 15.8 Å². The Morgan fingerprint density at radius 1 is 1.35 bits per heavy atom. The molecule has 0 heterocycles. The molecule has 1 unspecified atom stereocenters. The minimum atomic E-state index is -0.102. The summed E-state index contributed by atoms with van der Waals surface area (Å²) in [7, 11) is 0. The summed E-state index contributed by atoms with van der Waals surface area (Å²) in [6, 6.07) is -0.102. The molecule has 0 aromatic carbocycles. The summed E-state index contributed by atoms with van der Waals surface area (Å²) in [5.74, 6) is 0.0250. The molecule has 17 heavy (non-hydrogen) atoms. The number of rotatable bonds is 7. The molecule has 0 aliphatic carbocycles. The van der Waals surface area contributed by atoms with E-state index < -0.39 is 0 Å². The zero-order valence-corrected chi connectivity index (χ0v) is 11.9. The van der Waals surface area contributed by atoms with Gasteiger partial charge in [0, 0.05) is 25.6 Å². The molecular formula is C13H28N2O2. The first-order chi connectivity index (χ1) is 7.73. The zero-order valence-electron chi connectivity index (χ0n) is 11.9. The maximum atomic E-state index is 11.6. The molecule has 0 aromatic rings. The van der Waals surface area contributed by atoms with Gasteiger partial charge in [-0.15, -0.1) is 0 Å². The standard InChI is InChI=1S/C13H28N2O2/c1-10(2)17-8-6-7-15-12(16)9-11(14)13(3,4)5/h10-11H,6-9,14H2,1-5H3,(H,15,16). The molecule has 0 saturated heterocycles. The molecule has 0 radical (unpaired) electrons. The third-order valence-corrected chi connectivity index (χ3v) is 2.61. The van der Waals surface area contributed by atoms with Crippen molar-refractivity contribution in [3.8, 4) is 0 Å². The lowest BCUT2D eigenvalue weighted by Gasteiger charge is -2.26. The second-order valence-corrected chi connectivity index (χ2v) is 5.80. The van der Waals surface area contributed by atoms with Crippen LogP contribution >= 0.6 is 0 Å². The first kappa shape index (κ1) is 16.4. The van der Waals surface area contributed by atoms with Gasteiger partial charge in [-0.1, -0.05) is 20.8 Å². The van der Waals surface area contributed by atoms with Gasteiger partial charge in [0.25, 0.3) is 0 Å². The molecule has 1 atom stereocenters. The lowest BCUT2D eigenvalue weighted by atomic mass is 9.85. The fourth-order valence-corrected chi connectivity index (χ4v) is 1.20. The van der Waals surface area contributed by atoms with E-state index in [4.69, 9.17) is 10.5 Å². The number of ether oxygens (including phenoxy) is 1. The Labute approximate surface area is 105 Å². The summed E-state index contributed by atoms with van der Waals surface area (Å²) < 4.78 is 5.38. The van der Waals surface area contributed by atoms with Gasteiger partial charge in [0.1, 0.15) is 0 Å². The van der Waals surface area contributed by atoms with Gasteiger partial charge >= 0.3 is 0 Å². The molecule has 0 spiro atoms. The summed E-state index contributed by atoms with van der Waals surface area (Å²) in [5, 5.41) is 2.86. The second-order valence-electron chi connectivity index (χ2n) is 5.80. The highest BCUT2D eigenvalue weighted by Crippen LogP contribution is 2.19. The lowest BCUT2D eigenvalue weighted by Crippen LogP contribution is -2.40. The van der Waals surface area contributed by atoms with E-state index in [1.165, 1.54) is 0 Å². The maximum absolute atomic E-state index is 11.6. The van der Waals surface area contributed by atoms with Crippen molar-refractivity contribution < 1.29 is 9.53 Å². The topological polar surface area (TPSA) is 64.3 Å². The average molecular weight is 244 g/mol. The van der Waals surface area contributed by atoms with Gasteiger partial charge in [0.2, 0.25) is 5.91 Å². The highest BCUT2D eigenvalue weighted by atomic mass is 16.5. The average Bonchev–Trinajstić information content (AvgIpc) is 2.15. The summed E-state index contributed by atoms with van der Waals surface area (Å²) in [6.07, 6.45) is 1.48. The first-order valence-corrected chi connectivity index (χ1v) is 6.37. The molecule has 0 fully saturated rings. The maximum Gasteiger partial charge on any atom is 0.221 e. The molecule has 0 saturated carbocycles. The monoisotopic (exact) mass is 244 g/mol. The van der Waals surface area contributed by atoms with E-state index in [-0.39, 0.29) is 23.5 Å². The van der Waals surface area contributed by atoms with E-state index in [0.717, 1.165) is 6.42 Å². The molecule has 0 aromatic heterocycles. The Morgan fingerprint density at radius 2 is 1.94 bits per heavy atom. The number of nitrogens with one attached hydrogen (secondary N) is 1. The van der Waals surface area contributed by atoms with E-state index in [2.05, 4.69) is 5.32 Å². The van der Waals surface area contributed by atoms with Gasteiger partial charge in [-0.3, -0.25) is 4.79 Å². The summed E-state index contributed by atoms with van der Waals surface area (Å²) in [6.45, 7) is 11.5. The third-order valence-electron chi connectivity index (χ3n) is 2.61. The predicted octanol–water partition coefficient (Wildman–Crippen LogP) is 1.68. The van der Waals surface area contributed by atoms with E-state index in [9.17, 15) is 4.79 Å². The molecule has 0 rings (SSSR count). The quantitative estimate of drug-likeness (QED) is 0.670. The van der Waals surface area contributed by atoms with Gasteiger partial charge in [-0.25, -0.2) is 0 Å². The molecule has 0 aliphatic heterocycles. The Balaban J connectivity index is 3.60. The van der Waals surface area contributed by atoms with Gasteiger partial charge in [0.15, 0.2) is 0 Å². The largest absolute Gasteiger partial charge is 0.379 e. The normalized spacial score (nSPS) is 13.8. The van der Waals surface area contributed by atoms with Crippen molar-refractivity contribution in [2.24, 2.45) is 11.1 Å². The third kappa shape index (κ3) is 9.12. The van der Waals surface area contributed by atoms with Gasteiger partial charge in [-0.05, 0) is 25.7 Å². The van der Waals surface area contributed by atoms with Crippen molar-refractivity contribution in [2.75, 3.05) is 13.2 Å². The molecule has 4 heteroatoms. The number of nitrogens with two attached hydrogens (primary N) is 1. The van der Waals surface area contributed by atoms with Crippen molar-refractivity contribution >= 4 is 5.91 Å². The van der Waals surface area contributed by atoms with Crippen molar-refractivity contribution in [1.29, 1.82) is 0 Å². The number of carbonyl (C=O) groups excluding carboxylic acids is 1. The number of hydrogen-bond acceptors (Lipinski definition) is 3. The smallest absolute Gasteiger partial charge is 0.221 e. The van der Waals surface area contributed by atoms with E-state index in [1.807, 2.05) is 34.6 Å². The fraction of sp³-hybridized carbons (Fsp3) is 0.923. The van der Waals surface area contributed by atoms with Crippen LogP contribution in [0.1, 0.15) is 47.5 Å². The summed E-state index contributed by atoms with van der Waals surface area (Å²) >= 11 is 0. The Morgan fingerprint density at radius 3 is 2.41 bits per heavy atom. The van der Waals surface area contributed by atoms with Crippen molar-refractivity contribution in [2.45, 2.75) is 59.6 Å². The number of amides is 1.